The lowest BCUT2D eigenvalue weighted by atomic mass is 9.90. The fraction of sp³-hybridized carbons (Fsp3) is 0.286. The van der Waals surface area contributed by atoms with Gasteiger partial charge in [0.05, 0.1) is 35.6 Å². The molecule has 1 unspecified atom stereocenters. The molecule has 0 aliphatic heterocycles. The first-order chi connectivity index (χ1) is 13.4. The van der Waals surface area contributed by atoms with Crippen molar-refractivity contribution < 1.29 is 0 Å². The second kappa shape index (κ2) is 6.96. The Kier molecular flexibility index (Phi) is 4.18. The fourth-order valence-corrected chi connectivity index (χ4v) is 4.08. The first-order valence-electron chi connectivity index (χ1n) is 9.45. The van der Waals surface area contributed by atoms with E-state index >= 15 is 0 Å². The van der Waals surface area contributed by atoms with Crippen molar-refractivity contribution in [3.8, 4) is 0 Å². The summed E-state index contributed by atoms with van der Waals surface area (Å²) in [6, 6.07) is 12.7. The van der Waals surface area contributed by atoms with E-state index in [-0.39, 0.29) is 6.04 Å². The largest absolute Gasteiger partial charge is 0.347 e. The molecule has 6 heteroatoms. The topological polar surface area (TPSA) is 73.5 Å². The minimum Gasteiger partial charge on any atom is -0.347 e. The molecule has 5 rings (SSSR count). The van der Waals surface area contributed by atoms with Gasteiger partial charge in [-0.25, -0.2) is 9.97 Å². The van der Waals surface area contributed by atoms with Gasteiger partial charge >= 0.3 is 0 Å². The third kappa shape index (κ3) is 3.24. The molecular formula is C21H22N6. The number of pyridine rings is 1. The van der Waals surface area contributed by atoms with Crippen LogP contribution in [0.25, 0.3) is 11.0 Å². The zero-order valence-electron chi connectivity index (χ0n) is 15.1. The number of aromatic amines is 2. The molecule has 3 aromatic heterocycles. The molecular weight excluding hydrogens is 336 g/mol. The predicted octanol–water partition coefficient (Wildman–Crippen LogP) is 3.76. The van der Waals surface area contributed by atoms with Crippen LogP contribution in [0, 0.1) is 0 Å². The molecule has 0 saturated carbocycles. The summed E-state index contributed by atoms with van der Waals surface area (Å²) in [5, 5.41) is 0. The molecule has 27 heavy (non-hydrogen) atoms. The molecule has 0 spiro atoms. The molecule has 136 valence electrons. The van der Waals surface area contributed by atoms with E-state index in [0.717, 1.165) is 48.5 Å². The van der Waals surface area contributed by atoms with Crippen molar-refractivity contribution >= 4 is 11.0 Å². The number of benzene rings is 1. The third-order valence-electron chi connectivity index (χ3n) is 5.33. The van der Waals surface area contributed by atoms with Crippen LogP contribution >= 0.6 is 0 Å². The smallest absolute Gasteiger partial charge is 0.121 e. The first kappa shape index (κ1) is 16.2. The Bertz CT molecular complexity index is 1000. The van der Waals surface area contributed by atoms with Gasteiger partial charge in [0.2, 0.25) is 0 Å². The number of rotatable bonds is 5. The Hall–Kier alpha value is -2.99. The summed E-state index contributed by atoms with van der Waals surface area (Å²) >= 11 is 0. The number of fused-ring (bicyclic) bond motifs is 2. The minimum atomic E-state index is 0.284. The number of nitrogens with zero attached hydrogens (tertiary/aromatic N) is 4. The normalized spacial score (nSPS) is 16.7. The second-order valence-electron chi connectivity index (χ2n) is 7.14. The third-order valence-corrected chi connectivity index (χ3v) is 5.33. The zero-order valence-corrected chi connectivity index (χ0v) is 15.1. The highest BCUT2D eigenvalue weighted by Crippen LogP contribution is 2.34. The van der Waals surface area contributed by atoms with Crippen molar-refractivity contribution in [2.75, 3.05) is 0 Å². The lowest BCUT2D eigenvalue weighted by Gasteiger charge is -2.34. The standard InChI is InChI=1S/C21H22N6/c1-2-8-18-17(7-1)25-20(26-18)13-27(12-16-11-22-14-24-16)19-9-3-5-15-6-4-10-23-21(15)19/h1-2,4,6-8,10-11,14,19H,3,5,9,12-13H2,(H,22,24)(H,25,26). The Morgan fingerprint density at radius 2 is 2.07 bits per heavy atom. The molecule has 0 fully saturated rings. The van der Waals surface area contributed by atoms with Crippen molar-refractivity contribution in [3.63, 3.8) is 0 Å². The van der Waals surface area contributed by atoms with Crippen molar-refractivity contribution in [1.82, 2.24) is 29.8 Å². The zero-order chi connectivity index (χ0) is 18.1. The number of imidazole rings is 2. The van der Waals surface area contributed by atoms with Gasteiger partial charge in [-0.1, -0.05) is 18.2 Å². The summed E-state index contributed by atoms with van der Waals surface area (Å²) in [6.45, 7) is 1.53. The lowest BCUT2D eigenvalue weighted by molar-refractivity contribution is 0.152. The van der Waals surface area contributed by atoms with Gasteiger partial charge in [0.1, 0.15) is 5.82 Å². The van der Waals surface area contributed by atoms with E-state index in [0.29, 0.717) is 0 Å². The van der Waals surface area contributed by atoms with E-state index < -0.39 is 0 Å². The summed E-state index contributed by atoms with van der Waals surface area (Å²) in [4.78, 5) is 22.9. The van der Waals surface area contributed by atoms with Crippen LogP contribution in [0.3, 0.4) is 0 Å². The van der Waals surface area contributed by atoms with E-state index in [1.807, 2.05) is 36.7 Å². The molecule has 4 aromatic rings. The van der Waals surface area contributed by atoms with Crippen LogP contribution in [0.5, 0.6) is 0 Å². The maximum atomic E-state index is 4.79. The quantitative estimate of drug-likeness (QED) is 0.570. The van der Waals surface area contributed by atoms with Crippen LogP contribution < -0.4 is 0 Å². The fourth-order valence-electron chi connectivity index (χ4n) is 4.08. The van der Waals surface area contributed by atoms with Gasteiger partial charge in [-0.15, -0.1) is 0 Å². The van der Waals surface area contributed by atoms with Crippen molar-refractivity contribution in [3.05, 3.63) is 77.9 Å². The van der Waals surface area contributed by atoms with Gasteiger partial charge in [0.15, 0.2) is 0 Å². The average molecular weight is 358 g/mol. The number of aromatic nitrogens is 5. The number of aryl methyl sites for hydroxylation is 1. The number of nitrogens with one attached hydrogen (secondary N) is 2. The highest BCUT2D eigenvalue weighted by molar-refractivity contribution is 5.74. The molecule has 1 aliphatic carbocycles. The Morgan fingerprint density at radius 1 is 1.11 bits per heavy atom. The predicted molar refractivity (Wildman–Crippen MR) is 104 cm³/mol. The van der Waals surface area contributed by atoms with Gasteiger partial charge in [-0.2, -0.15) is 0 Å². The highest BCUT2D eigenvalue weighted by atomic mass is 15.2. The van der Waals surface area contributed by atoms with Crippen LogP contribution in [0.1, 0.15) is 41.7 Å². The van der Waals surface area contributed by atoms with E-state index in [4.69, 9.17) is 9.97 Å². The molecule has 0 radical (unpaired) electrons. The first-order valence-corrected chi connectivity index (χ1v) is 9.45. The summed E-state index contributed by atoms with van der Waals surface area (Å²) in [7, 11) is 0. The van der Waals surface area contributed by atoms with Gasteiger partial charge in [0.25, 0.3) is 0 Å². The number of H-pyrrole nitrogens is 2. The highest BCUT2D eigenvalue weighted by Gasteiger charge is 2.28. The number of hydrogen-bond acceptors (Lipinski definition) is 4. The van der Waals surface area contributed by atoms with Crippen LogP contribution in [0.15, 0.2) is 55.1 Å². The number of para-hydroxylation sites is 2. The van der Waals surface area contributed by atoms with Crippen LogP contribution in [0.2, 0.25) is 0 Å². The second-order valence-corrected chi connectivity index (χ2v) is 7.14. The van der Waals surface area contributed by atoms with E-state index in [9.17, 15) is 0 Å². The average Bonchev–Trinajstić information content (AvgIpc) is 3.36. The summed E-state index contributed by atoms with van der Waals surface area (Å²) in [5.74, 6) is 0.985. The molecule has 1 aromatic carbocycles. The molecule has 0 amide bonds. The van der Waals surface area contributed by atoms with E-state index in [1.165, 1.54) is 17.7 Å². The summed E-state index contributed by atoms with van der Waals surface area (Å²) < 4.78 is 0. The lowest BCUT2D eigenvalue weighted by Crippen LogP contribution is -2.32. The molecule has 1 aliphatic rings. The van der Waals surface area contributed by atoms with Gasteiger partial charge in [0, 0.05) is 24.6 Å². The van der Waals surface area contributed by atoms with Crippen LogP contribution in [-0.2, 0) is 19.5 Å². The van der Waals surface area contributed by atoms with Crippen molar-refractivity contribution in [2.45, 2.75) is 38.4 Å². The molecule has 6 nitrogen and oxygen atoms in total. The monoisotopic (exact) mass is 358 g/mol. The molecule has 0 saturated heterocycles. The maximum Gasteiger partial charge on any atom is 0.121 e. The maximum absolute atomic E-state index is 4.79. The van der Waals surface area contributed by atoms with Crippen LogP contribution in [0.4, 0.5) is 0 Å². The molecule has 1 atom stereocenters. The van der Waals surface area contributed by atoms with Gasteiger partial charge in [-0.3, -0.25) is 9.88 Å². The number of hydrogen-bond donors (Lipinski definition) is 2. The van der Waals surface area contributed by atoms with Crippen LogP contribution in [-0.4, -0.2) is 29.8 Å². The SMILES string of the molecule is c1cnc2c(c1)CCCC2N(Cc1cnc[nH]1)Cc1nc2ccccc2[nH]1. The van der Waals surface area contributed by atoms with Gasteiger partial charge < -0.3 is 9.97 Å². The Balaban J connectivity index is 1.49. The minimum absolute atomic E-state index is 0.284. The Labute approximate surface area is 157 Å². The summed E-state index contributed by atoms with van der Waals surface area (Å²) in [5.41, 5.74) is 5.77. The Morgan fingerprint density at radius 3 is 2.96 bits per heavy atom. The van der Waals surface area contributed by atoms with Crippen molar-refractivity contribution in [2.24, 2.45) is 0 Å². The van der Waals surface area contributed by atoms with E-state index in [1.54, 1.807) is 6.33 Å². The van der Waals surface area contributed by atoms with Crippen molar-refractivity contribution in [1.29, 1.82) is 0 Å². The molecule has 2 N–H and O–H groups in total. The summed E-state index contributed by atoms with van der Waals surface area (Å²) in [6.07, 6.45) is 8.95. The molecule has 3 heterocycles. The molecule has 0 bridgehead atoms. The van der Waals surface area contributed by atoms with Gasteiger partial charge in [-0.05, 0) is 43.0 Å². The van der Waals surface area contributed by atoms with E-state index in [2.05, 4.69) is 32.0 Å².